The second-order valence-corrected chi connectivity index (χ2v) is 5.11. The first-order valence-electron chi connectivity index (χ1n) is 7.47. The van der Waals surface area contributed by atoms with E-state index in [1.165, 1.54) is 0 Å². The van der Waals surface area contributed by atoms with Crippen molar-refractivity contribution >= 4 is 0 Å². The summed E-state index contributed by atoms with van der Waals surface area (Å²) in [5.74, 6) is 1.94. The highest BCUT2D eigenvalue weighted by Gasteiger charge is 2.16. The van der Waals surface area contributed by atoms with Gasteiger partial charge in [0.15, 0.2) is 11.5 Å². The van der Waals surface area contributed by atoms with Crippen molar-refractivity contribution in [1.82, 2.24) is 0 Å². The molecule has 0 spiro atoms. The number of phenols is 1. The Morgan fingerprint density at radius 1 is 1.14 bits per heavy atom. The molecular weight excluding hydrogens is 278 g/mol. The van der Waals surface area contributed by atoms with Crippen molar-refractivity contribution in [2.45, 2.75) is 19.3 Å². The van der Waals surface area contributed by atoms with Crippen molar-refractivity contribution in [3.8, 4) is 17.2 Å². The van der Waals surface area contributed by atoms with E-state index in [1.54, 1.807) is 19.2 Å². The lowest BCUT2D eigenvalue weighted by Crippen LogP contribution is -2.15. The van der Waals surface area contributed by atoms with Crippen LogP contribution < -0.4 is 15.2 Å². The van der Waals surface area contributed by atoms with Crippen LogP contribution in [0.3, 0.4) is 0 Å². The SMILES string of the molecule is CCOc1cccc(CC(CN)c2ccc(O)cc2)c1OC. The minimum Gasteiger partial charge on any atom is -0.508 e. The number of hydrogen-bond donors (Lipinski definition) is 2. The maximum Gasteiger partial charge on any atom is 0.163 e. The van der Waals surface area contributed by atoms with Gasteiger partial charge in [-0.1, -0.05) is 24.3 Å². The molecule has 0 fully saturated rings. The van der Waals surface area contributed by atoms with Gasteiger partial charge in [-0.2, -0.15) is 0 Å². The van der Waals surface area contributed by atoms with Crippen LogP contribution in [0.25, 0.3) is 0 Å². The minimum atomic E-state index is 0.159. The van der Waals surface area contributed by atoms with Gasteiger partial charge in [0.2, 0.25) is 0 Å². The largest absolute Gasteiger partial charge is 0.508 e. The Hall–Kier alpha value is -2.20. The van der Waals surface area contributed by atoms with Gasteiger partial charge in [-0.05, 0) is 49.2 Å². The number of rotatable bonds is 7. The first-order valence-corrected chi connectivity index (χ1v) is 7.47. The molecule has 0 aliphatic carbocycles. The van der Waals surface area contributed by atoms with Crippen molar-refractivity contribution in [1.29, 1.82) is 0 Å². The number of ether oxygens (including phenoxy) is 2. The Morgan fingerprint density at radius 3 is 2.45 bits per heavy atom. The Morgan fingerprint density at radius 2 is 1.86 bits per heavy atom. The maximum atomic E-state index is 9.41. The molecule has 0 amide bonds. The Kier molecular flexibility index (Phi) is 5.67. The quantitative estimate of drug-likeness (QED) is 0.825. The first kappa shape index (κ1) is 16.2. The average Bonchev–Trinajstić information content (AvgIpc) is 2.54. The van der Waals surface area contributed by atoms with E-state index in [1.807, 2.05) is 37.3 Å². The molecular formula is C18H23NO3. The molecule has 2 rings (SSSR count). The molecule has 1 atom stereocenters. The highest BCUT2D eigenvalue weighted by molar-refractivity contribution is 5.47. The van der Waals surface area contributed by atoms with Crippen molar-refractivity contribution in [3.63, 3.8) is 0 Å². The standard InChI is InChI=1S/C18H23NO3/c1-3-22-17-6-4-5-14(18(17)21-2)11-15(12-19)13-7-9-16(20)10-8-13/h4-10,15,20H,3,11-12,19H2,1-2H3. The van der Waals surface area contributed by atoms with E-state index in [0.29, 0.717) is 13.2 Å². The normalized spacial score (nSPS) is 12.0. The first-order chi connectivity index (χ1) is 10.7. The van der Waals surface area contributed by atoms with Gasteiger partial charge in [-0.15, -0.1) is 0 Å². The lowest BCUT2D eigenvalue weighted by atomic mass is 9.91. The molecule has 0 heterocycles. The Bertz CT molecular complexity index is 596. The van der Waals surface area contributed by atoms with Gasteiger partial charge in [0.1, 0.15) is 5.75 Å². The average molecular weight is 301 g/mol. The van der Waals surface area contributed by atoms with Crippen molar-refractivity contribution < 1.29 is 14.6 Å². The summed E-state index contributed by atoms with van der Waals surface area (Å²) < 4.78 is 11.1. The molecule has 0 aromatic heterocycles. The summed E-state index contributed by atoms with van der Waals surface area (Å²) in [4.78, 5) is 0. The van der Waals surface area contributed by atoms with Crippen LogP contribution in [-0.4, -0.2) is 25.4 Å². The fraction of sp³-hybridized carbons (Fsp3) is 0.333. The summed E-state index contributed by atoms with van der Waals surface area (Å²) >= 11 is 0. The van der Waals surface area contributed by atoms with Crippen molar-refractivity contribution in [3.05, 3.63) is 53.6 Å². The summed E-state index contributed by atoms with van der Waals surface area (Å²) in [7, 11) is 1.65. The summed E-state index contributed by atoms with van der Waals surface area (Å²) in [6, 6.07) is 13.1. The fourth-order valence-corrected chi connectivity index (χ4v) is 2.57. The second kappa shape index (κ2) is 7.71. The molecule has 22 heavy (non-hydrogen) atoms. The third-order valence-electron chi connectivity index (χ3n) is 3.68. The number of phenolic OH excluding ortho intramolecular Hbond substituents is 1. The maximum absolute atomic E-state index is 9.41. The van der Waals surface area contributed by atoms with Crippen LogP contribution in [0, 0.1) is 0 Å². The van der Waals surface area contributed by atoms with Crippen LogP contribution in [0.5, 0.6) is 17.2 Å². The molecule has 0 bridgehead atoms. The molecule has 0 aliphatic heterocycles. The summed E-state index contributed by atoms with van der Waals surface area (Å²) in [5.41, 5.74) is 8.11. The molecule has 4 nitrogen and oxygen atoms in total. The van der Waals surface area contributed by atoms with Gasteiger partial charge >= 0.3 is 0 Å². The van der Waals surface area contributed by atoms with Crippen LogP contribution in [-0.2, 0) is 6.42 Å². The molecule has 118 valence electrons. The molecule has 0 aliphatic rings. The smallest absolute Gasteiger partial charge is 0.163 e. The van der Waals surface area contributed by atoms with Gasteiger partial charge in [-0.25, -0.2) is 0 Å². The van der Waals surface area contributed by atoms with E-state index in [4.69, 9.17) is 15.2 Å². The van der Waals surface area contributed by atoms with Crippen LogP contribution in [0.15, 0.2) is 42.5 Å². The lowest BCUT2D eigenvalue weighted by molar-refractivity contribution is 0.309. The second-order valence-electron chi connectivity index (χ2n) is 5.11. The monoisotopic (exact) mass is 301 g/mol. The van der Waals surface area contributed by atoms with Gasteiger partial charge in [0.05, 0.1) is 13.7 Å². The number of methoxy groups -OCH3 is 1. The molecule has 0 saturated heterocycles. The molecule has 2 aromatic rings. The van der Waals surface area contributed by atoms with Crippen LogP contribution in [0.2, 0.25) is 0 Å². The highest BCUT2D eigenvalue weighted by atomic mass is 16.5. The zero-order chi connectivity index (χ0) is 15.9. The van der Waals surface area contributed by atoms with Crippen molar-refractivity contribution in [2.75, 3.05) is 20.3 Å². The third kappa shape index (κ3) is 3.71. The fourth-order valence-electron chi connectivity index (χ4n) is 2.57. The Balaban J connectivity index is 2.27. The molecule has 2 aromatic carbocycles. The highest BCUT2D eigenvalue weighted by Crippen LogP contribution is 2.34. The zero-order valence-electron chi connectivity index (χ0n) is 13.1. The predicted molar refractivity (Wildman–Crippen MR) is 87.8 cm³/mol. The summed E-state index contributed by atoms with van der Waals surface area (Å²) in [6.07, 6.45) is 0.755. The topological polar surface area (TPSA) is 64.7 Å². The Labute approximate surface area is 131 Å². The van der Waals surface area contributed by atoms with E-state index in [2.05, 4.69) is 0 Å². The number of hydrogen-bond acceptors (Lipinski definition) is 4. The minimum absolute atomic E-state index is 0.159. The van der Waals surface area contributed by atoms with Gasteiger partial charge in [0.25, 0.3) is 0 Å². The number of benzene rings is 2. The van der Waals surface area contributed by atoms with E-state index in [0.717, 1.165) is 29.0 Å². The zero-order valence-corrected chi connectivity index (χ0v) is 13.1. The summed E-state index contributed by atoms with van der Waals surface area (Å²) in [6.45, 7) is 3.07. The number of para-hydroxylation sites is 1. The number of aromatic hydroxyl groups is 1. The van der Waals surface area contributed by atoms with E-state index >= 15 is 0 Å². The van der Waals surface area contributed by atoms with Crippen molar-refractivity contribution in [2.24, 2.45) is 5.73 Å². The van der Waals surface area contributed by atoms with E-state index < -0.39 is 0 Å². The van der Waals surface area contributed by atoms with E-state index in [9.17, 15) is 5.11 Å². The molecule has 0 radical (unpaired) electrons. The predicted octanol–water partition coefficient (Wildman–Crippen LogP) is 3.08. The third-order valence-corrected chi connectivity index (χ3v) is 3.68. The van der Waals surface area contributed by atoms with Gasteiger partial charge < -0.3 is 20.3 Å². The van der Waals surface area contributed by atoms with Crippen LogP contribution in [0.4, 0.5) is 0 Å². The molecule has 4 heteroatoms. The molecule has 3 N–H and O–H groups in total. The summed E-state index contributed by atoms with van der Waals surface area (Å²) in [5, 5.41) is 9.41. The van der Waals surface area contributed by atoms with Crippen LogP contribution >= 0.6 is 0 Å². The van der Waals surface area contributed by atoms with E-state index in [-0.39, 0.29) is 11.7 Å². The lowest BCUT2D eigenvalue weighted by Gasteiger charge is -2.19. The van der Waals surface area contributed by atoms with Crippen LogP contribution in [0.1, 0.15) is 24.0 Å². The molecule has 0 saturated carbocycles. The van der Waals surface area contributed by atoms with Gasteiger partial charge in [0, 0.05) is 5.92 Å². The van der Waals surface area contributed by atoms with Gasteiger partial charge in [-0.3, -0.25) is 0 Å². The molecule has 1 unspecified atom stereocenters. The number of nitrogens with two attached hydrogens (primary N) is 1.